The molecule has 1 unspecified atom stereocenters. The minimum absolute atomic E-state index is 0. The Hall–Kier alpha value is -0.810. The maximum Gasteiger partial charge on any atom is 0.0840 e. The van der Waals surface area contributed by atoms with Gasteiger partial charge in [0.25, 0.3) is 0 Å². The monoisotopic (exact) mass is 424 g/mol. The summed E-state index contributed by atoms with van der Waals surface area (Å²) in [4.78, 5) is 2.56. The van der Waals surface area contributed by atoms with Gasteiger partial charge in [-0.3, -0.25) is 4.90 Å². The first-order chi connectivity index (χ1) is 11.7. The molecule has 0 N–H and O–H groups in total. The van der Waals surface area contributed by atoms with E-state index in [4.69, 9.17) is 4.74 Å². The van der Waals surface area contributed by atoms with Crippen molar-refractivity contribution in [3.63, 3.8) is 0 Å². The van der Waals surface area contributed by atoms with Gasteiger partial charge in [-0.25, -0.2) is 0 Å². The highest BCUT2D eigenvalue weighted by atomic mass is 79.9. The van der Waals surface area contributed by atoms with Crippen molar-refractivity contribution in [2.45, 2.75) is 38.8 Å². The molecular weight excluding hydrogens is 400 g/mol. The molecule has 1 aliphatic carbocycles. The largest absolute Gasteiger partial charge is 0.379 e. The average Bonchev–Trinajstić information content (AvgIpc) is 3.02. The maximum atomic E-state index is 5.55. The molecule has 1 aliphatic heterocycles. The Kier molecular flexibility index (Phi) is 6.26. The van der Waals surface area contributed by atoms with E-state index in [1.165, 1.54) is 36.9 Å². The second-order valence-corrected chi connectivity index (χ2v) is 7.78. The van der Waals surface area contributed by atoms with E-state index in [0.29, 0.717) is 6.17 Å². The van der Waals surface area contributed by atoms with Crippen molar-refractivity contribution in [1.29, 1.82) is 0 Å². The molecule has 3 nitrogen and oxygen atoms in total. The van der Waals surface area contributed by atoms with Crippen LogP contribution in [0, 0.1) is 0 Å². The molecule has 4 rings (SSSR count). The summed E-state index contributed by atoms with van der Waals surface area (Å²) >= 11 is 3.56. The van der Waals surface area contributed by atoms with Crippen LogP contribution in [0.15, 0.2) is 34.8 Å². The SMILES string of the molecule is CC(N1CCOCC1)n1c(-c2ccc(Br)cc2)cc2c1CCCC2.Cl. The first-order valence-corrected chi connectivity index (χ1v) is 9.84. The molecule has 1 atom stereocenters. The van der Waals surface area contributed by atoms with E-state index >= 15 is 0 Å². The standard InChI is InChI=1S/C20H25BrN2O.ClH/c1-15(22-10-12-24-13-11-22)23-19-5-3-2-4-17(19)14-20(23)16-6-8-18(21)9-7-16;/h6-9,14-15H,2-5,10-13H2,1H3;1H. The maximum absolute atomic E-state index is 5.55. The molecule has 0 saturated carbocycles. The Balaban J connectivity index is 0.00000182. The number of aryl methyl sites for hydroxylation is 1. The summed E-state index contributed by atoms with van der Waals surface area (Å²) in [5, 5.41) is 0. The van der Waals surface area contributed by atoms with Crippen molar-refractivity contribution in [3.8, 4) is 11.3 Å². The van der Waals surface area contributed by atoms with Crippen LogP contribution in [0.3, 0.4) is 0 Å². The average molecular weight is 426 g/mol. The molecule has 0 bridgehead atoms. The highest BCUT2D eigenvalue weighted by Crippen LogP contribution is 2.35. The Morgan fingerprint density at radius 3 is 2.44 bits per heavy atom. The Morgan fingerprint density at radius 2 is 1.72 bits per heavy atom. The number of nitrogens with zero attached hydrogens (tertiary/aromatic N) is 2. The lowest BCUT2D eigenvalue weighted by Crippen LogP contribution is -2.40. The summed E-state index contributed by atoms with van der Waals surface area (Å²) in [6.07, 6.45) is 5.45. The molecule has 0 amide bonds. The van der Waals surface area contributed by atoms with E-state index in [1.807, 2.05) is 0 Å². The Morgan fingerprint density at radius 1 is 1.04 bits per heavy atom. The van der Waals surface area contributed by atoms with Crippen molar-refractivity contribution < 1.29 is 4.74 Å². The predicted molar refractivity (Wildman–Crippen MR) is 109 cm³/mol. The summed E-state index contributed by atoms with van der Waals surface area (Å²) in [5.74, 6) is 0. The number of hydrogen-bond acceptors (Lipinski definition) is 2. The molecule has 0 radical (unpaired) electrons. The molecule has 25 heavy (non-hydrogen) atoms. The van der Waals surface area contributed by atoms with Gasteiger partial charge in [0.2, 0.25) is 0 Å². The normalized spacial score (nSPS) is 19.1. The third kappa shape index (κ3) is 3.82. The van der Waals surface area contributed by atoms with Crippen LogP contribution in [0.25, 0.3) is 11.3 Å². The lowest BCUT2D eigenvalue weighted by Gasteiger charge is -2.35. The van der Waals surface area contributed by atoms with Gasteiger partial charge in [-0.05, 0) is 61.9 Å². The van der Waals surface area contributed by atoms with Gasteiger partial charge >= 0.3 is 0 Å². The van der Waals surface area contributed by atoms with E-state index in [-0.39, 0.29) is 12.4 Å². The van der Waals surface area contributed by atoms with Gasteiger partial charge < -0.3 is 9.30 Å². The summed E-state index contributed by atoms with van der Waals surface area (Å²) < 4.78 is 9.29. The van der Waals surface area contributed by atoms with Gasteiger partial charge in [0.1, 0.15) is 0 Å². The molecule has 2 heterocycles. The van der Waals surface area contributed by atoms with E-state index in [0.717, 1.165) is 30.8 Å². The van der Waals surface area contributed by atoms with Crippen LogP contribution in [0.1, 0.15) is 37.2 Å². The van der Waals surface area contributed by atoms with Crippen LogP contribution < -0.4 is 0 Å². The highest BCUT2D eigenvalue weighted by molar-refractivity contribution is 9.10. The molecule has 2 aliphatic rings. The Labute approximate surface area is 164 Å². The number of hydrogen-bond donors (Lipinski definition) is 0. The van der Waals surface area contributed by atoms with E-state index in [2.05, 4.69) is 62.7 Å². The van der Waals surface area contributed by atoms with Crippen molar-refractivity contribution in [2.24, 2.45) is 0 Å². The zero-order valence-electron chi connectivity index (χ0n) is 14.7. The predicted octanol–water partition coefficient (Wildman–Crippen LogP) is 5.07. The third-order valence-electron chi connectivity index (χ3n) is 5.43. The minimum atomic E-state index is 0. The molecule has 136 valence electrons. The molecule has 1 fully saturated rings. The number of aromatic nitrogens is 1. The van der Waals surface area contributed by atoms with Gasteiger partial charge in [-0.15, -0.1) is 12.4 Å². The lowest BCUT2D eigenvalue weighted by atomic mass is 9.98. The van der Waals surface area contributed by atoms with E-state index in [1.54, 1.807) is 11.3 Å². The topological polar surface area (TPSA) is 17.4 Å². The van der Waals surface area contributed by atoms with Crippen molar-refractivity contribution >= 4 is 28.3 Å². The lowest BCUT2D eigenvalue weighted by molar-refractivity contribution is 0.00344. The van der Waals surface area contributed by atoms with Crippen LogP contribution in [0.5, 0.6) is 0 Å². The summed E-state index contributed by atoms with van der Waals surface area (Å²) in [6.45, 7) is 6.09. The smallest absolute Gasteiger partial charge is 0.0840 e. The number of benzene rings is 1. The zero-order chi connectivity index (χ0) is 16.5. The number of ether oxygens (including phenoxy) is 1. The minimum Gasteiger partial charge on any atom is -0.379 e. The number of halogens is 2. The molecule has 2 aromatic rings. The fraction of sp³-hybridized carbons (Fsp3) is 0.500. The van der Waals surface area contributed by atoms with E-state index < -0.39 is 0 Å². The van der Waals surface area contributed by atoms with Gasteiger partial charge in [0.15, 0.2) is 0 Å². The van der Waals surface area contributed by atoms with Crippen LogP contribution >= 0.6 is 28.3 Å². The fourth-order valence-corrected chi connectivity index (χ4v) is 4.37. The molecule has 5 heteroatoms. The first kappa shape index (κ1) is 19.0. The quantitative estimate of drug-likeness (QED) is 0.683. The van der Waals surface area contributed by atoms with Crippen molar-refractivity contribution in [3.05, 3.63) is 46.1 Å². The molecule has 1 aromatic heterocycles. The number of morpholine rings is 1. The summed E-state index contributed by atoms with van der Waals surface area (Å²) in [6, 6.07) is 11.2. The molecule has 1 aromatic carbocycles. The first-order valence-electron chi connectivity index (χ1n) is 9.05. The van der Waals surface area contributed by atoms with Crippen LogP contribution in [0.2, 0.25) is 0 Å². The third-order valence-corrected chi connectivity index (χ3v) is 5.96. The van der Waals surface area contributed by atoms with Crippen molar-refractivity contribution in [2.75, 3.05) is 26.3 Å². The van der Waals surface area contributed by atoms with Crippen molar-refractivity contribution in [1.82, 2.24) is 9.47 Å². The molecule has 1 saturated heterocycles. The van der Waals surface area contributed by atoms with Gasteiger partial charge in [-0.1, -0.05) is 28.1 Å². The van der Waals surface area contributed by atoms with Crippen LogP contribution in [0.4, 0.5) is 0 Å². The highest BCUT2D eigenvalue weighted by Gasteiger charge is 2.26. The molecular formula is C20H26BrClN2O. The Bertz CT molecular complexity index is 707. The molecule has 0 spiro atoms. The number of rotatable bonds is 3. The summed E-state index contributed by atoms with van der Waals surface area (Å²) in [5.41, 5.74) is 5.79. The number of fused-ring (bicyclic) bond motifs is 1. The van der Waals surface area contributed by atoms with Crippen LogP contribution in [-0.2, 0) is 17.6 Å². The van der Waals surface area contributed by atoms with Gasteiger partial charge in [0, 0.05) is 29.0 Å². The van der Waals surface area contributed by atoms with Gasteiger partial charge in [-0.2, -0.15) is 0 Å². The van der Waals surface area contributed by atoms with Gasteiger partial charge in [0.05, 0.1) is 19.4 Å². The second-order valence-electron chi connectivity index (χ2n) is 6.87. The summed E-state index contributed by atoms with van der Waals surface area (Å²) in [7, 11) is 0. The second kappa shape index (κ2) is 8.26. The zero-order valence-corrected chi connectivity index (χ0v) is 17.1. The van der Waals surface area contributed by atoms with E-state index in [9.17, 15) is 0 Å². The fourth-order valence-electron chi connectivity index (χ4n) is 4.11. The van der Waals surface area contributed by atoms with Crippen LogP contribution in [-0.4, -0.2) is 35.8 Å².